The molecule has 6 heteroatoms. The summed E-state index contributed by atoms with van der Waals surface area (Å²) in [7, 11) is 0. The van der Waals surface area contributed by atoms with Gasteiger partial charge in [-0.2, -0.15) is 0 Å². The molecule has 1 aliphatic carbocycles. The number of hydrogen-bond donors (Lipinski definition) is 0. The Hall–Kier alpha value is -1.92. The molecule has 0 radical (unpaired) electrons. The highest BCUT2D eigenvalue weighted by atomic mass is 16.6. The van der Waals surface area contributed by atoms with Gasteiger partial charge in [-0.15, -0.1) is 0 Å². The molecule has 0 aromatic heterocycles. The first kappa shape index (κ1) is 14.7. The molecular formula is C17H20N2O4. The Morgan fingerprint density at radius 2 is 2.04 bits per heavy atom. The summed E-state index contributed by atoms with van der Waals surface area (Å²) in [5, 5.41) is 11.0. The molecule has 0 spiro atoms. The number of nitro groups is 1. The fourth-order valence-corrected chi connectivity index (χ4v) is 3.91. The molecule has 1 saturated heterocycles. The Balaban J connectivity index is 1.75. The number of fused-ring (bicyclic) bond motifs is 2. The van der Waals surface area contributed by atoms with E-state index in [1.807, 2.05) is 0 Å². The van der Waals surface area contributed by atoms with Gasteiger partial charge < -0.3 is 9.47 Å². The summed E-state index contributed by atoms with van der Waals surface area (Å²) in [5.41, 5.74) is 1.79. The van der Waals surface area contributed by atoms with Crippen LogP contribution in [-0.4, -0.2) is 41.9 Å². The minimum absolute atomic E-state index is 0.110. The molecule has 1 aromatic carbocycles. The third-order valence-corrected chi connectivity index (χ3v) is 5.05. The molecule has 2 heterocycles. The van der Waals surface area contributed by atoms with Crippen molar-refractivity contribution in [2.45, 2.75) is 31.4 Å². The molecule has 0 bridgehead atoms. The lowest BCUT2D eigenvalue weighted by atomic mass is 9.82. The van der Waals surface area contributed by atoms with Crippen molar-refractivity contribution in [3.05, 3.63) is 39.4 Å². The summed E-state index contributed by atoms with van der Waals surface area (Å²) in [6.45, 7) is 3.18. The average Bonchev–Trinajstić information content (AvgIpc) is 2.60. The second kappa shape index (κ2) is 5.62. The Kier molecular flexibility index (Phi) is 3.58. The van der Waals surface area contributed by atoms with Crippen LogP contribution >= 0.6 is 0 Å². The summed E-state index contributed by atoms with van der Waals surface area (Å²) in [4.78, 5) is 13.0. The van der Waals surface area contributed by atoms with Gasteiger partial charge in [-0.1, -0.05) is 0 Å². The normalized spacial score (nSPS) is 27.4. The molecule has 23 heavy (non-hydrogen) atoms. The van der Waals surface area contributed by atoms with E-state index in [1.54, 1.807) is 12.1 Å². The van der Waals surface area contributed by atoms with Gasteiger partial charge in [0.2, 0.25) is 0 Å². The zero-order valence-electron chi connectivity index (χ0n) is 13.0. The van der Waals surface area contributed by atoms with E-state index in [4.69, 9.17) is 9.47 Å². The van der Waals surface area contributed by atoms with E-state index in [0.717, 1.165) is 63.3 Å². The number of nitrogens with zero attached hydrogens (tertiary/aromatic N) is 2. The Labute approximate surface area is 134 Å². The molecule has 2 aliphatic heterocycles. The van der Waals surface area contributed by atoms with Gasteiger partial charge >= 0.3 is 0 Å². The number of nitro benzene ring substituents is 1. The fourth-order valence-electron chi connectivity index (χ4n) is 3.91. The first-order valence-corrected chi connectivity index (χ1v) is 8.20. The lowest BCUT2D eigenvalue weighted by Crippen LogP contribution is -2.59. The van der Waals surface area contributed by atoms with Gasteiger partial charge in [0.1, 0.15) is 5.75 Å². The van der Waals surface area contributed by atoms with Crippen LogP contribution in [0.15, 0.2) is 23.8 Å². The summed E-state index contributed by atoms with van der Waals surface area (Å²) >= 11 is 0. The Bertz CT molecular complexity index is 667. The molecule has 1 saturated carbocycles. The van der Waals surface area contributed by atoms with Crippen molar-refractivity contribution in [3.63, 3.8) is 0 Å². The zero-order chi connectivity index (χ0) is 15.9. The third-order valence-electron chi connectivity index (χ3n) is 5.05. The Morgan fingerprint density at radius 3 is 2.83 bits per heavy atom. The van der Waals surface area contributed by atoms with Crippen molar-refractivity contribution in [3.8, 4) is 5.75 Å². The van der Waals surface area contributed by atoms with E-state index in [2.05, 4.69) is 11.0 Å². The molecule has 1 aromatic rings. The minimum Gasteiger partial charge on any atom is -0.468 e. The van der Waals surface area contributed by atoms with E-state index in [-0.39, 0.29) is 16.3 Å². The highest BCUT2D eigenvalue weighted by Gasteiger charge is 2.46. The number of ether oxygens (including phenoxy) is 2. The maximum absolute atomic E-state index is 11.0. The van der Waals surface area contributed by atoms with Crippen LogP contribution in [0.4, 0.5) is 5.69 Å². The van der Waals surface area contributed by atoms with E-state index in [9.17, 15) is 10.1 Å². The Morgan fingerprint density at radius 1 is 1.22 bits per heavy atom. The fraction of sp³-hybridized carbons (Fsp3) is 0.529. The van der Waals surface area contributed by atoms with Crippen molar-refractivity contribution in [1.29, 1.82) is 0 Å². The molecule has 2 fully saturated rings. The molecule has 1 atom stereocenters. The van der Waals surface area contributed by atoms with Crippen LogP contribution in [0.2, 0.25) is 0 Å². The molecule has 0 amide bonds. The monoisotopic (exact) mass is 316 g/mol. The van der Waals surface area contributed by atoms with E-state index >= 15 is 0 Å². The predicted octanol–water partition coefficient (Wildman–Crippen LogP) is 2.97. The van der Waals surface area contributed by atoms with Gasteiger partial charge in [-0.05, 0) is 37.0 Å². The van der Waals surface area contributed by atoms with Crippen LogP contribution in [0, 0.1) is 10.1 Å². The van der Waals surface area contributed by atoms with Gasteiger partial charge in [0.05, 0.1) is 18.1 Å². The lowest BCUT2D eigenvalue weighted by molar-refractivity contribution is -0.384. The largest absolute Gasteiger partial charge is 0.468 e. The highest BCUT2D eigenvalue weighted by molar-refractivity contribution is 5.67. The van der Waals surface area contributed by atoms with Gasteiger partial charge in [-0.3, -0.25) is 15.0 Å². The van der Waals surface area contributed by atoms with Crippen molar-refractivity contribution in [1.82, 2.24) is 4.90 Å². The summed E-state index contributed by atoms with van der Waals surface area (Å²) < 4.78 is 12.0. The third kappa shape index (κ3) is 2.42. The molecule has 0 N–H and O–H groups in total. The molecule has 6 nitrogen and oxygen atoms in total. The maximum Gasteiger partial charge on any atom is 0.270 e. The first-order valence-electron chi connectivity index (χ1n) is 8.20. The van der Waals surface area contributed by atoms with Crippen LogP contribution in [0.5, 0.6) is 5.75 Å². The predicted molar refractivity (Wildman–Crippen MR) is 85.3 cm³/mol. The van der Waals surface area contributed by atoms with Gasteiger partial charge in [0.25, 0.3) is 5.69 Å². The van der Waals surface area contributed by atoms with E-state index in [1.165, 1.54) is 11.6 Å². The van der Waals surface area contributed by atoms with Crippen molar-refractivity contribution >= 4 is 11.8 Å². The number of rotatable bonds is 2. The highest BCUT2D eigenvalue weighted by Crippen LogP contribution is 2.46. The second-order valence-electron chi connectivity index (χ2n) is 6.34. The SMILES string of the molecule is O=[N+]([O-])c1ccc2c(c1)C=C1CCCC[C@@]1(N1CCOCC1)O2. The van der Waals surface area contributed by atoms with Gasteiger partial charge in [-0.25, -0.2) is 0 Å². The average molecular weight is 316 g/mol. The smallest absolute Gasteiger partial charge is 0.270 e. The van der Waals surface area contributed by atoms with Crippen LogP contribution < -0.4 is 4.74 Å². The van der Waals surface area contributed by atoms with Gasteiger partial charge in [0, 0.05) is 37.2 Å². The summed E-state index contributed by atoms with van der Waals surface area (Å²) in [6.07, 6.45) is 6.35. The standard InChI is InChI=1S/C17H20N2O4/c20-19(21)15-4-5-16-13(12-15)11-14-3-1-2-6-17(14,23-16)18-7-9-22-10-8-18/h4-5,11-12H,1-3,6-10H2/t17-/m1/s1. The lowest BCUT2D eigenvalue weighted by Gasteiger charge is -2.50. The second-order valence-corrected chi connectivity index (χ2v) is 6.34. The quantitative estimate of drug-likeness (QED) is 0.620. The number of morpholine rings is 1. The zero-order valence-corrected chi connectivity index (χ0v) is 13.0. The molecule has 3 aliphatic rings. The van der Waals surface area contributed by atoms with E-state index < -0.39 is 0 Å². The van der Waals surface area contributed by atoms with Crippen molar-refractivity contribution in [2.24, 2.45) is 0 Å². The number of benzene rings is 1. The molecular weight excluding hydrogens is 296 g/mol. The summed E-state index contributed by atoms with van der Waals surface area (Å²) in [5.74, 6) is 0.743. The summed E-state index contributed by atoms with van der Waals surface area (Å²) in [6, 6.07) is 4.87. The molecule has 0 unspecified atom stereocenters. The van der Waals surface area contributed by atoms with E-state index in [0.29, 0.717) is 0 Å². The van der Waals surface area contributed by atoms with Crippen molar-refractivity contribution in [2.75, 3.05) is 26.3 Å². The molecule has 4 rings (SSSR count). The molecule has 122 valence electrons. The van der Waals surface area contributed by atoms with Crippen LogP contribution in [0.1, 0.15) is 31.2 Å². The van der Waals surface area contributed by atoms with Crippen LogP contribution in [0.25, 0.3) is 6.08 Å². The number of hydrogen-bond acceptors (Lipinski definition) is 5. The van der Waals surface area contributed by atoms with Crippen LogP contribution in [-0.2, 0) is 4.74 Å². The van der Waals surface area contributed by atoms with Gasteiger partial charge in [0.15, 0.2) is 5.72 Å². The first-order chi connectivity index (χ1) is 11.2. The minimum atomic E-state index is -0.384. The topological polar surface area (TPSA) is 64.8 Å². The van der Waals surface area contributed by atoms with Crippen LogP contribution in [0.3, 0.4) is 0 Å². The number of non-ortho nitro benzene ring substituents is 1. The van der Waals surface area contributed by atoms with Crippen molar-refractivity contribution < 1.29 is 14.4 Å². The maximum atomic E-state index is 11.0.